The molecule has 5 aliphatic rings. The quantitative estimate of drug-likeness (QED) is 0.832. The highest BCUT2D eigenvalue weighted by Gasteiger charge is 2.48. The van der Waals surface area contributed by atoms with Gasteiger partial charge in [0, 0.05) is 18.0 Å². The van der Waals surface area contributed by atoms with Crippen molar-refractivity contribution in [3.05, 3.63) is 0 Å². The van der Waals surface area contributed by atoms with Gasteiger partial charge in [-0.15, -0.1) is 0 Å². The fourth-order valence-corrected chi connectivity index (χ4v) is 6.01. The summed E-state index contributed by atoms with van der Waals surface area (Å²) in [5.74, 6) is 4.09. The zero-order chi connectivity index (χ0) is 13.7. The van der Waals surface area contributed by atoms with E-state index < -0.39 is 0 Å². The Labute approximate surface area is 122 Å². The Morgan fingerprint density at radius 3 is 1.90 bits per heavy atom. The van der Waals surface area contributed by atoms with E-state index in [0.29, 0.717) is 6.04 Å². The third-order valence-corrected chi connectivity index (χ3v) is 6.78. The van der Waals surface area contributed by atoms with Gasteiger partial charge in [-0.3, -0.25) is 4.79 Å². The van der Waals surface area contributed by atoms with Crippen LogP contribution < -0.4 is 11.1 Å². The van der Waals surface area contributed by atoms with E-state index >= 15 is 0 Å². The Morgan fingerprint density at radius 2 is 1.40 bits per heavy atom. The highest BCUT2D eigenvalue weighted by molar-refractivity contribution is 5.76. The van der Waals surface area contributed by atoms with Crippen LogP contribution in [0, 0.1) is 29.6 Å². The molecule has 5 aliphatic carbocycles. The molecule has 112 valence electrons. The number of primary amides is 1. The largest absolute Gasteiger partial charge is 0.369 e. The van der Waals surface area contributed by atoms with E-state index in [-0.39, 0.29) is 11.8 Å². The maximum atomic E-state index is 11.3. The molecule has 0 aromatic carbocycles. The summed E-state index contributed by atoms with van der Waals surface area (Å²) in [4.78, 5) is 11.3. The average molecular weight is 276 g/mol. The first kappa shape index (κ1) is 13.1. The van der Waals surface area contributed by atoms with Gasteiger partial charge in [0.15, 0.2) is 0 Å². The molecule has 5 saturated carbocycles. The molecular formula is C17H28N2O. The predicted molar refractivity (Wildman–Crippen MR) is 78.9 cm³/mol. The lowest BCUT2D eigenvalue weighted by atomic mass is 9.54. The van der Waals surface area contributed by atoms with Gasteiger partial charge in [0.2, 0.25) is 5.91 Å². The van der Waals surface area contributed by atoms with Gasteiger partial charge < -0.3 is 11.1 Å². The fourth-order valence-electron chi connectivity index (χ4n) is 6.01. The van der Waals surface area contributed by atoms with Crippen LogP contribution in [0.5, 0.6) is 0 Å². The van der Waals surface area contributed by atoms with Crippen LogP contribution in [0.1, 0.15) is 57.8 Å². The Bertz CT molecular complexity index is 358. The Balaban J connectivity index is 1.35. The molecule has 3 heteroatoms. The maximum Gasteiger partial charge on any atom is 0.220 e. The summed E-state index contributed by atoms with van der Waals surface area (Å²) in [6.45, 7) is 0. The van der Waals surface area contributed by atoms with E-state index in [4.69, 9.17) is 5.73 Å². The highest BCUT2D eigenvalue weighted by Crippen LogP contribution is 2.53. The van der Waals surface area contributed by atoms with Crippen molar-refractivity contribution in [1.29, 1.82) is 0 Å². The van der Waals surface area contributed by atoms with Gasteiger partial charge in [-0.1, -0.05) is 0 Å². The van der Waals surface area contributed by atoms with Crippen molar-refractivity contribution in [2.75, 3.05) is 0 Å². The minimum Gasteiger partial charge on any atom is -0.369 e. The molecule has 0 aliphatic heterocycles. The number of carbonyl (C=O) groups excluding carboxylic acids is 1. The van der Waals surface area contributed by atoms with Gasteiger partial charge >= 0.3 is 0 Å². The zero-order valence-corrected chi connectivity index (χ0v) is 12.4. The molecule has 0 heterocycles. The lowest BCUT2D eigenvalue weighted by Gasteiger charge is -2.55. The Morgan fingerprint density at radius 1 is 0.850 bits per heavy atom. The van der Waals surface area contributed by atoms with Gasteiger partial charge in [0.1, 0.15) is 0 Å². The molecule has 0 saturated heterocycles. The van der Waals surface area contributed by atoms with Crippen LogP contribution in [0.2, 0.25) is 0 Å². The number of nitrogens with one attached hydrogen (secondary N) is 1. The van der Waals surface area contributed by atoms with Crippen LogP contribution in [-0.2, 0) is 4.79 Å². The fraction of sp³-hybridized carbons (Fsp3) is 0.941. The third-order valence-electron chi connectivity index (χ3n) is 6.78. The molecule has 0 radical (unpaired) electrons. The van der Waals surface area contributed by atoms with Crippen molar-refractivity contribution in [3.63, 3.8) is 0 Å². The Hall–Kier alpha value is -0.570. The highest BCUT2D eigenvalue weighted by atomic mass is 16.1. The minimum absolute atomic E-state index is 0.0851. The lowest BCUT2D eigenvalue weighted by molar-refractivity contribution is -0.122. The van der Waals surface area contributed by atoms with Gasteiger partial charge in [-0.05, 0) is 81.5 Å². The van der Waals surface area contributed by atoms with Gasteiger partial charge in [-0.25, -0.2) is 0 Å². The van der Waals surface area contributed by atoms with Gasteiger partial charge in [0.25, 0.3) is 0 Å². The monoisotopic (exact) mass is 276 g/mol. The van der Waals surface area contributed by atoms with Crippen LogP contribution in [0.25, 0.3) is 0 Å². The summed E-state index contributed by atoms with van der Waals surface area (Å²) in [5, 5.41) is 4.01. The Kier molecular flexibility index (Phi) is 3.29. The SMILES string of the molecule is NC(=O)C1CCC(NC2C3CC4CC(C3)CC2C4)CC1. The second-order valence-electron chi connectivity index (χ2n) is 8.07. The molecule has 3 N–H and O–H groups in total. The molecule has 4 bridgehead atoms. The summed E-state index contributed by atoms with van der Waals surface area (Å²) in [6, 6.07) is 1.44. The summed E-state index contributed by atoms with van der Waals surface area (Å²) in [7, 11) is 0. The summed E-state index contributed by atoms with van der Waals surface area (Å²) < 4.78 is 0. The van der Waals surface area contributed by atoms with Crippen molar-refractivity contribution in [3.8, 4) is 0 Å². The molecule has 20 heavy (non-hydrogen) atoms. The molecule has 3 nitrogen and oxygen atoms in total. The smallest absolute Gasteiger partial charge is 0.220 e. The molecule has 1 amide bonds. The maximum absolute atomic E-state index is 11.3. The number of hydrogen-bond donors (Lipinski definition) is 2. The van der Waals surface area contributed by atoms with E-state index in [1.54, 1.807) is 0 Å². The minimum atomic E-state index is -0.0851. The lowest BCUT2D eigenvalue weighted by Crippen LogP contribution is -2.57. The second-order valence-corrected chi connectivity index (χ2v) is 8.07. The predicted octanol–water partition coefficient (Wildman–Crippen LogP) is 2.44. The first-order chi connectivity index (χ1) is 9.69. The molecule has 0 atom stereocenters. The number of nitrogens with two attached hydrogens (primary N) is 1. The van der Waals surface area contributed by atoms with E-state index in [2.05, 4.69) is 5.32 Å². The molecule has 0 unspecified atom stereocenters. The number of rotatable bonds is 3. The molecular weight excluding hydrogens is 248 g/mol. The van der Waals surface area contributed by atoms with Crippen LogP contribution in [0.4, 0.5) is 0 Å². The average Bonchev–Trinajstić information content (AvgIpc) is 2.42. The van der Waals surface area contributed by atoms with Crippen LogP contribution in [0.3, 0.4) is 0 Å². The van der Waals surface area contributed by atoms with Gasteiger partial charge in [0.05, 0.1) is 0 Å². The standard InChI is InChI=1S/C17H28N2O/c18-17(20)12-1-3-15(4-2-12)19-16-13-6-10-5-11(8-13)9-14(16)7-10/h10-16,19H,1-9H2,(H2,18,20). The molecule has 0 spiro atoms. The van der Waals surface area contributed by atoms with Crippen molar-refractivity contribution >= 4 is 5.91 Å². The van der Waals surface area contributed by atoms with E-state index in [1.807, 2.05) is 0 Å². The topological polar surface area (TPSA) is 55.1 Å². The van der Waals surface area contributed by atoms with E-state index in [9.17, 15) is 4.79 Å². The number of carbonyl (C=O) groups is 1. The van der Waals surface area contributed by atoms with Crippen LogP contribution in [0.15, 0.2) is 0 Å². The van der Waals surface area contributed by atoms with Crippen LogP contribution >= 0.6 is 0 Å². The normalized spacial score (nSPS) is 50.3. The number of amides is 1. The first-order valence-corrected chi connectivity index (χ1v) is 8.74. The van der Waals surface area contributed by atoms with Crippen LogP contribution in [-0.4, -0.2) is 18.0 Å². The van der Waals surface area contributed by atoms with Crippen molar-refractivity contribution in [2.24, 2.45) is 35.3 Å². The molecule has 5 rings (SSSR count). The van der Waals surface area contributed by atoms with Crippen molar-refractivity contribution < 1.29 is 4.79 Å². The number of hydrogen-bond acceptors (Lipinski definition) is 2. The third kappa shape index (κ3) is 2.28. The zero-order valence-electron chi connectivity index (χ0n) is 12.4. The second kappa shape index (κ2) is 5.01. The van der Waals surface area contributed by atoms with E-state index in [0.717, 1.165) is 55.4 Å². The first-order valence-electron chi connectivity index (χ1n) is 8.74. The van der Waals surface area contributed by atoms with Crippen molar-refractivity contribution in [2.45, 2.75) is 69.9 Å². The van der Waals surface area contributed by atoms with Gasteiger partial charge in [-0.2, -0.15) is 0 Å². The summed E-state index contributed by atoms with van der Waals surface area (Å²) >= 11 is 0. The summed E-state index contributed by atoms with van der Waals surface area (Å²) in [5.41, 5.74) is 5.43. The van der Waals surface area contributed by atoms with E-state index in [1.165, 1.54) is 32.1 Å². The molecule has 0 aromatic rings. The molecule has 5 fully saturated rings. The molecule has 0 aromatic heterocycles. The van der Waals surface area contributed by atoms with Crippen molar-refractivity contribution in [1.82, 2.24) is 5.32 Å². The summed E-state index contributed by atoms with van der Waals surface area (Å²) in [6.07, 6.45) is 11.8.